The van der Waals surface area contributed by atoms with Crippen molar-refractivity contribution >= 4 is 5.91 Å². The molecule has 1 amide bonds. The molecule has 0 aliphatic rings. The number of rotatable bonds is 5. The number of carbonyl (C=O) groups is 1. The van der Waals surface area contributed by atoms with Crippen molar-refractivity contribution in [2.75, 3.05) is 6.54 Å². The Bertz CT molecular complexity index is 394. The SMILES string of the molecule is CC(N)CCCNC(=O)c1ccc(F)cc1F. The Labute approximate surface area is 99.0 Å². The van der Waals surface area contributed by atoms with Crippen molar-refractivity contribution in [1.29, 1.82) is 0 Å². The van der Waals surface area contributed by atoms with Gasteiger partial charge in [-0.15, -0.1) is 0 Å². The van der Waals surface area contributed by atoms with E-state index in [0.717, 1.165) is 25.0 Å². The summed E-state index contributed by atoms with van der Waals surface area (Å²) in [4.78, 5) is 11.5. The van der Waals surface area contributed by atoms with E-state index in [1.807, 2.05) is 6.92 Å². The van der Waals surface area contributed by atoms with Gasteiger partial charge in [-0.1, -0.05) is 0 Å². The number of carbonyl (C=O) groups excluding carboxylic acids is 1. The number of halogens is 2. The third-order valence-corrected chi connectivity index (χ3v) is 2.30. The molecule has 94 valence electrons. The van der Waals surface area contributed by atoms with Crippen LogP contribution in [-0.2, 0) is 0 Å². The summed E-state index contributed by atoms with van der Waals surface area (Å²) in [5.41, 5.74) is 5.40. The average molecular weight is 242 g/mol. The zero-order valence-electron chi connectivity index (χ0n) is 9.67. The van der Waals surface area contributed by atoms with Crippen LogP contribution in [0.5, 0.6) is 0 Å². The molecule has 0 saturated heterocycles. The molecule has 0 aliphatic carbocycles. The Hall–Kier alpha value is -1.49. The smallest absolute Gasteiger partial charge is 0.254 e. The summed E-state index contributed by atoms with van der Waals surface area (Å²) in [7, 11) is 0. The van der Waals surface area contributed by atoms with Gasteiger partial charge >= 0.3 is 0 Å². The molecule has 0 radical (unpaired) electrons. The van der Waals surface area contributed by atoms with Gasteiger partial charge in [0.05, 0.1) is 5.56 Å². The Morgan fingerprint density at radius 2 is 2.18 bits per heavy atom. The fourth-order valence-corrected chi connectivity index (χ4v) is 1.39. The minimum atomic E-state index is -0.852. The highest BCUT2D eigenvalue weighted by atomic mass is 19.1. The Morgan fingerprint density at radius 3 is 2.76 bits per heavy atom. The molecule has 3 nitrogen and oxygen atoms in total. The second-order valence-corrected chi connectivity index (χ2v) is 4.00. The fraction of sp³-hybridized carbons (Fsp3) is 0.417. The van der Waals surface area contributed by atoms with E-state index in [2.05, 4.69) is 5.32 Å². The first-order chi connectivity index (χ1) is 8.00. The van der Waals surface area contributed by atoms with Crippen LogP contribution in [0.2, 0.25) is 0 Å². The monoisotopic (exact) mass is 242 g/mol. The van der Waals surface area contributed by atoms with Gasteiger partial charge in [-0.3, -0.25) is 4.79 Å². The molecular weight excluding hydrogens is 226 g/mol. The van der Waals surface area contributed by atoms with Crippen molar-refractivity contribution in [3.05, 3.63) is 35.4 Å². The second kappa shape index (κ2) is 6.30. The van der Waals surface area contributed by atoms with Gasteiger partial charge in [0.1, 0.15) is 11.6 Å². The van der Waals surface area contributed by atoms with E-state index in [1.54, 1.807) is 0 Å². The van der Waals surface area contributed by atoms with Gasteiger partial charge in [-0.05, 0) is 31.9 Å². The van der Waals surface area contributed by atoms with Crippen LogP contribution in [0.15, 0.2) is 18.2 Å². The maximum Gasteiger partial charge on any atom is 0.254 e. The third-order valence-electron chi connectivity index (χ3n) is 2.30. The fourth-order valence-electron chi connectivity index (χ4n) is 1.39. The highest BCUT2D eigenvalue weighted by Crippen LogP contribution is 2.09. The summed E-state index contributed by atoms with van der Waals surface area (Å²) in [5, 5.41) is 2.56. The lowest BCUT2D eigenvalue weighted by atomic mass is 10.1. The standard InChI is InChI=1S/C12H16F2N2O/c1-8(15)3-2-6-16-12(17)10-5-4-9(13)7-11(10)14/h4-5,7-8H,2-3,6,15H2,1H3,(H,16,17). The van der Waals surface area contributed by atoms with Crippen LogP contribution < -0.4 is 11.1 Å². The van der Waals surface area contributed by atoms with Gasteiger partial charge in [-0.2, -0.15) is 0 Å². The van der Waals surface area contributed by atoms with E-state index in [1.165, 1.54) is 0 Å². The molecule has 1 aromatic carbocycles. The highest BCUT2D eigenvalue weighted by Gasteiger charge is 2.11. The molecule has 0 aromatic heterocycles. The van der Waals surface area contributed by atoms with Gasteiger partial charge in [0.25, 0.3) is 5.91 Å². The molecule has 0 saturated carbocycles. The van der Waals surface area contributed by atoms with Gasteiger partial charge in [0, 0.05) is 18.7 Å². The van der Waals surface area contributed by atoms with E-state index in [-0.39, 0.29) is 11.6 Å². The maximum absolute atomic E-state index is 13.2. The van der Waals surface area contributed by atoms with E-state index < -0.39 is 17.5 Å². The zero-order valence-corrected chi connectivity index (χ0v) is 9.67. The quantitative estimate of drug-likeness (QED) is 0.774. The van der Waals surface area contributed by atoms with Crippen molar-refractivity contribution in [3.8, 4) is 0 Å². The molecular formula is C12H16F2N2O. The van der Waals surface area contributed by atoms with Crippen LogP contribution in [0.1, 0.15) is 30.1 Å². The number of hydrogen-bond donors (Lipinski definition) is 2. The van der Waals surface area contributed by atoms with Crippen LogP contribution >= 0.6 is 0 Å². The predicted molar refractivity (Wildman–Crippen MR) is 61.6 cm³/mol. The summed E-state index contributed by atoms with van der Waals surface area (Å²) in [6, 6.07) is 2.96. The Balaban J connectivity index is 2.47. The molecule has 0 fully saturated rings. The summed E-state index contributed by atoms with van der Waals surface area (Å²) in [6.45, 7) is 2.30. The Morgan fingerprint density at radius 1 is 1.47 bits per heavy atom. The molecule has 0 heterocycles. The zero-order chi connectivity index (χ0) is 12.8. The van der Waals surface area contributed by atoms with Crippen molar-refractivity contribution < 1.29 is 13.6 Å². The number of nitrogens with two attached hydrogens (primary N) is 1. The molecule has 1 rings (SSSR count). The number of benzene rings is 1. The molecule has 1 atom stereocenters. The van der Waals surface area contributed by atoms with Crippen LogP contribution in [0.3, 0.4) is 0 Å². The van der Waals surface area contributed by atoms with Crippen LogP contribution in [0.4, 0.5) is 8.78 Å². The molecule has 17 heavy (non-hydrogen) atoms. The van der Waals surface area contributed by atoms with Crippen molar-refractivity contribution in [2.24, 2.45) is 5.73 Å². The van der Waals surface area contributed by atoms with E-state index in [4.69, 9.17) is 5.73 Å². The number of nitrogens with one attached hydrogen (secondary N) is 1. The summed E-state index contributed by atoms with van der Waals surface area (Å²) >= 11 is 0. The minimum Gasteiger partial charge on any atom is -0.352 e. The second-order valence-electron chi connectivity index (χ2n) is 4.00. The first-order valence-electron chi connectivity index (χ1n) is 5.49. The molecule has 1 unspecified atom stereocenters. The number of hydrogen-bond acceptors (Lipinski definition) is 2. The summed E-state index contributed by atoms with van der Waals surface area (Å²) < 4.78 is 25.8. The minimum absolute atomic E-state index is 0.0782. The van der Waals surface area contributed by atoms with Gasteiger partial charge < -0.3 is 11.1 Å². The van der Waals surface area contributed by atoms with Crippen LogP contribution in [-0.4, -0.2) is 18.5 Å². The normalized spacial score (nSPS) is 12.2. The highest BCUT2D eigenvalue weighted by molar-refractivity contribution is 5.94. The van der Waals surface area contributed by atoms with E-state index in [9.17, 15) is 13.6 Å². The largest absolute Gasteiger partial charge is 0.352 e. The first kappa shape index (κ1) is 13.6. The van der Waals surface area contributed by atoms with Gasteiger partial charge in [-0.25, -0.2) is 8.78 Å². The maximum atomic E-state index is 13.2. The first-order valence-corrected chi connectivity index (χ1v) is 5.49. The lowest BCUT2D eigenvalue weighted by Gasteiger charge is -2.07. The van der Waals surface area contributed by atoms with E-state index >= 15 is 0 Å². The number of amides is 1. The average Bonchev–Trinajstić information content (AvgIpc) is 2.23. The van der Waals surface area contributed by atoms with Crippen molar-refractivity contribution in [2.45, 2.75) is 25.8 Å². The third kappa shape index (κ3) is 4.48. The topological polar surface area (TPSA) is 55.1 Å². The molecule has 0 aliphatic heterocycles. The van der Waals surface area contributed by atoms with Crippen molar-refractivity contribution in [3.63, 3.8) is 0 Å². The lowest BCUT2D eigenvalue weighted by Crippen LogP contribution is -2.26. The summed E-state index contributed by atoms with van der Waals surface area (Å²) in [5.74, 6) is -2.09. The van der Waals surface area contributed by atoms with Crippen LogP contribution in [0.25, 0.3) is 0 Å². The predicted octanol–water partition coefficient (Wildman–Crippen LogP) is 1.82. The van der Waals surface area contributed by atoms with Gasteiger partial charge in [0.15, 0.2) is 0 Å². The Kier molecular flexibility index (Phi) is 5.03. The van der Waals surface area contributed by atoms with Crippen LogP contribution in [0, 0.1) is 11.6 Å². The van der Waals surface area contributed by atoms with Crippen molar-refractivity contribution in [1.82, 2.24) is 5.32 Å². The molecule has 3 N–H and O–H groups in total. The summed E-state index contributed by atoms with van der Waals surface area (Å²) in [6.07, 6.45) is 1.51. The molecule has 5 heteroatoms. The molecule has 0 bridgehead atoms. The van der Waals surface area contributed by atoms with E-state index in [0.29, 0.717) is 12.6 Å². The van der Waals surface area contributed by atoms with Gasteiger partial charge in [0.2, 0.25) is 0 Å². The lowest BCUT2D eigenvalue weighted by molar-refractivity contribution is 0.0948. The molecule has 1 aromatic rings. The molecule has 0 spiro atoms.